The highest BCUT2D eigenvalue weighted by atomic mass is 32.2. The van der Waals surface area contributed by atoms with E-state index in [0.717, 1.165) is 41.3 Å². The van der Waals surface area contributed by atoms with Crippen molar-refractivity contribution in [3.8, 4) is 0 Å². The lowest BCUT2D eigenvalue weighted by Crippen LogP contribution is -2.51. The van der Waals surface area contributed by atoms with Crippen LogP contribution in [0.2, 0.25) is 0 Å². The van der Waals surface area contributed by atoms with E-state index in [1.54, 1.807) is 6.20 Å². The first-order chi connectivity index (χ1) is 13.1. The van der Waals surface area contributed by atoms with Gasteiger partial charge >= 0.3 is 0 Å². The number of nitrogens with zero attached hydrogens (tertiary/aromatic N) is 4. The van der Waals surface area contributed by atoms with Gasteiger partial charge in [-0.1, -0.05) is 11.9 Å². The van der Waals surface area contributed by atoms with Crippen LogP contribution in [0.3, 0.4) is 0 Å². The number of carbonyl (C=O) groups excluding carboxylic acids is 1. The molecule has 1 N–H and O–H groups in total. The minimum absolute atomic E-state index is 0.106. The lowest BCUT2D eigenvalue weighted by Gasteiger charge is -2.44. The van der Waals surface area contributed by atoms with Crippen LogP contribution in [0.1, 0.15) is 43.0 Å². The largest absolute Gasteiger partial charge is 0.349 e. The van der Waals surface area contributed by atoms with Gasteiger partial charge in [0.2, 0.25) is 0 Å². The van der Waals surface area contributed by atoms with Crippen molar-refractivity contribution in [2.75, 3.05) is 38.0 Å². The number of aromatic nitrogens is 2. The number of pyridine rings is 1. The zero-order chi connectivity index (χ0) is 19.0. The lowest BCUT2D eigenvalue weighted by molar-refractivity contribution is 0.0741. The highest BCUT2D eigenvalue weighted by Crippen LogP contribution is 2.39. The average molecular weight is 388 g/mol. The fourth-order valence-corrected chi connectivity index (χ4v) is 4.93. The number of fused-ring (bicyclic) bond motifs is 3. The zero-order valence-corrected chi connectivity index (χ0v) is 17.3. The van der Waals surface area contributed by atoms with Crippen molar-refractivity contribution in [1.29, 1.82) is 0 Å². The molecule has 6 nitrogen and oxygen atoms in total. The van der Waals surface area contributed by atoms with Crippen molar-refractivity contribution in [3.05, 3.63) is 24.0 Å². The van der Waals surface area contributed by atoms with Gasteiger partial charge in [0.1, 0.15) is 5.65 Å². The molecule has 1 saturated carbocycles. The fraction of sp³-hybridized carbons (Fsp3) is 0.600. The number of hydrogen-bond donors (Lipinski definition) is 1. The highest BCUT2D eigenvalue weighted by molar-refractivity contribution is 7.96. The highest BCUT2D eigenvalue weighted by Gasteiger charge is 2.36. The SMILES string of the molecule is CCN1CN(C2CCC(CN(C)SC)CC2)c2c(cnc3[nH]ccc23)C1=O. The molecule has 27 heavy (non-hydrogen) atoms. The fourth-order valence-electron chi connectivity index (χ4n) is 4.57. The lowest BCUT2D eigenvalue weighted by atomic mass is 9.84. The monoisotopic (exact) mass is 387 g/mol. The molecular weight excluding hydrogens is 358 g/mol. The molecule has 1 amide bonds. The van der Waals surface area contributed by atoms with Gasteiger partial charge in [0.25, 0.3) is 5.91 Å². The molecule has 0 bridgehead atoms. The molecule has 0 atom stereocenters. The number of nitrogens with one attached hydrogen (secondary N) is 1. The normalized spacial score (nSPS) is 23.3. The van der Waals surface area contributed by atoms with Crippen LogP contribution in [0.25, 0.3) is 11.0 Å². The van der Waals surface area contributed by atoms with E-state index in [0.29, 0.717) is 12.7 Å². The maximum absolute atomic E-state index is 12.9. The molecule has 1 aliphatic carbocycles. The Morgan fingerprint density at radius 2 is 2.11 bits per heavy atom. The molecule has 2 aliphatic rings. The summed E-state index contributed by atoms with van der Waals surface area (Å²) >= 11 is 1.81. The van der Waals surface area contributed by atoms with Gasteiger partial charge in [-0.3, -0.25) is 9.10 Å². The van der Waals surface area contributed by atoms with Crippen LogP contribution in [-0.4, -0.2) is 64.2 Å². The molecule has 1 fully saturated rings. The molecule has 2 aromatic heterocycles. The van der Waals surface area contributed by atoms with Crippen molar-refractivity contribution in [2.24, 2.45) is 5.92 Å². The number of carbonyl (C=O) groups is 1. The first-order valence-electron chi connectivity index (χ1n) is 9.89. The molecule has 3 heterocycles. The average Bonchev–Trinajstić information content (AvgIpc) is 3.18. The first-order valence-corrected chi connectivity index (χ1v) is 11.1. The third-order valence-electron chi connectivity index (χ3n) is 6.15. The Labute approximate surface area is 165 Å². The van der Waals surface area contributed by atoms with E-state index < -0.39 is 0 Å². The molecule has 7 heteroatoms. The molecule has 0 unspecified atom stereocenters. The van der Waals surface area contributed by atoms with Gasteiger partial charge in [0.05, 0.1) is 17.9 Å². The van der Waals surface area contributed by atoms with E-state index in [2.05, 4.69) is 45.5 Å². The van der Waals surface area contributed by atoms with Crippen LogP contribution in [-0.2, 0) is 0 Å². The second kappa shape index (κ2) is 7.72. The second-order valence-corrected chi connectivity index (χ2v) is 8.69. The Hall–Kier alpha value is -1.73. The van der Waals surface area contributed by atoms with Crippen molar-refractivity contribution in [2.45, 2.75) is 38.6 Å². The quantitative estimate of drug-likeness (QED) is 0.795. The predicted octanol–water partition coefficient (Wildman–Crippen LogP) is 3.57. The Morgan fingerprint density at radius 3 is 2.81 bits per heavy atom. The smallest absolute Gasteiger partial charge is 0.258 e. The number of aromatic amines is 1. The van der Waals surface area contributed by atoms with Gasteiger partial charge in [-0.2, -0.15) is 0 Å². The van der Waals surface area contributed by atoms with Crippen molar-refractivity contribution < 1.29 is 4.79 Å². The topological polar surface area (TPSA) is 55.5 Å². The van der Waals surface area contributed by atoms with Crippen LogP contribution in [0.15, 0.2) is 18.5 Å². The summed E-state index contributed by atoms with van der Waals surface area (Å²) in [4.78, 5) is 25.0. The van der Waals surface area contributed by atoms with Gasteiger partial charge in [-0.15, -0.1) is 0 Å². The van der Waals surface area contributed by atoms with Gasteiger partial charge in [0.15, 0.2) is 0 Å². The van der Waals surface area contributed by atoms with E-state index >= 15 is 0 Å². The molecule has 1 aliphatic heterocycles. The Morgan fingerprint density at radius 1 is 1.33 bits per heavy atom. The van der Waals surface area contributed by atoms with Gasteiger partial charge in [-0.05, 0) is 57.9 Å². The molecule has 0 spiro atoms. The van der Waals surface area contributed by atoms with Crippen molar-refractivity contribution in [3.63, 3.8) is 0 Å². The molecule has 0 radical (unpaired) electrons. The maximum Gasteiger partial charge on any atom is 0.258 e. The summed E-state index contributed by atoms with van der Waals surface area (Å²) < 4.78 is 2.34. The first kappa shape index (κ1) is 18.6. The van der Waals surface area contributed by atoms with Crippen LogP contribution in [0, 0.1) is 5.92 Å². The summed E-state index contributed by atoms with van der Waals surface area (Å²) in [5, 5.41) is 1.07. The minimum atomic E-state index is 0.106. The van der Waals surface area contributed by atoms with Crippen LogP contribution < -0.4 is 4.90 Å². The minimum Gasteiger partial charge on any atom is -0.349 e. The van der Waals surface area contributed by atoms with E-state index in [4.69, 9.17) is 0 Å². The van der Waals surface area contributed by atoms with Crippen LogP contribution in [0.5, 0.6) is 0 Å². The van der Waals surface area contributed by atoms with Gasteiger partial charge in [0, 0.05) is 36.9 Å². The van der Waals surface area contributed by atoms with Gasteiger partial charge < -0.3 is 14.8 Å². The van der Waals surface area contributed by atoms with Crippen molar-refractivity contribution >= 4 is 34.6 Å². The predicted molar refractivity (Wildman–Crippen MR) is 112 cm³/mol. The third-order valence-corrected chi connectivity index (χ3v) is 6.92. The Kier molecular flexibility index (Phi) is 5.32. The summed E-state index contributed by atoms with van der Waals surface area (Å²) in [7, 11) is 2.18. The van der Waals surface area contributed by atoms with Gasteiger partial charge in [-0.25, -0.2) is 4.98 Å². The Bertz CT molecular complexity index is 814. The number of rotatable bonds is 5. The summed E-state index contributed by atoms with van der Waals surface area (Å²) in [6.07, 6.45) is 10.7. The molecule has 0 aromatic carbocycles. The van der Waals surface area contributed by atoms with Crippen LogP contribution in [0.4, 0.5) is 5.69 Å². The second-order valence-electron chi connectivity index (χ2n) is 7.70. The van der Waals surface area contributed by atoms with E-state index in [-0.39, 0.29) is 5.91 Å². The molecule has 0 saturated heterocycles. The molecule has 2 aromatic rings. The Balaban J connectivity index is 1.61. The maximum atomic E-state index is 12.9. The number of hydrogen-bond acceptors (Lipinski definition) is 5. The molecule has 4 rings (SSSR count). The van der Waals surface area contributed by atoms with Crippen LogP contribution >= 0.6 is 11.9 Å². The summed E-state index contributed by atoms with van der Waals surface area (Å²) in [5.41, 5.74) is 2.70. The van der Waals surface area contributed by atoms with E-state index in [9.17, 15) is 4.79 Å². The summed E-state index contributed by atoms with van der Waals surface area (Å²) in [6, 6.07) is 2.55. The zero-order valence-electron chi connectivity index (χ0n) is 16.4. The van der Waals surface area contributed by atoms with Crippen molar-refractivity contribution in [1.82, 2.24) is 19.2 Å². The molecular formula is C20H29N5OS. The summed E-state index contributed by atoms with van der Waals surface area (Å²) in [6.45, 7) is 4.63. The van der Waals surface area contributed by atoms with E-state index in [1.165, 1.54) is 25.7 Å². The molecule has 146 valence electrons. The number of anilines is 1. The number of amides is 1. The summed E-state index contributed by atoms with van der Waals surface area (Å²) in [5.74, 6) is 0.881. The van der Waals surface area contributed by atoms with E-state index in [1.807, 2.05) is 23.0 Å². The third kappa shape index (κ3) is 3.43. The standard InChI is InChI=1S/C20H29N5OS/c1-4-24-13-25(15-7-5-14(6-8-15)12-23(2)27-3)18-16-9-10-21-19(16)22-11-17(18)20(24)26/h9-11,14-15H,4-8,12-13H2,1-3H3,(H,21,22). The number of H-pyrrole nitrogens is 1.